The Morgan fingerprint density at radius 1 is 0.227 bits per heavy atom. The summed E-state index contributed by atoms with van der Waals surface area (Å²) < 4.78 is -1.64. The minimum atomic E-state index is -1.64. The molecule has 0 atom stereocenters. The van der Waals surface area contributed by atoms with Crippen molar-refractivity contribution < 1.29 is 0 Å². The summed E-state index contributed by atoms with van der Waals surface area (Å²) in [5, 5.41) is 0. The minimum absolute atomic E-state index is 1.37. The van der Waals surface area contributed by atoms with Crippen molar-refractivity contribution >= 4 is 26.3 Å². The van der Waals surface area contributed by atoms with Gasteiger partial charge in [-0.05, 0) is 0 Å². The molecule has 268 valence electrons. The van der Waals surface area contributed by atoms with Gasteiger partial charge in [0.25, 0.3) is 0 Å². The predicted octanol–water partition coefficient (Wildman–Crippen LogP) is 17.2. The third kappa shape index (κ3) is 29.3. The van der Waals surface area contributed by atoms with E-state index in [0.29, 0.717) is 0 Å². The number of hydrogen-bond donors (Lipinski definition) is 0. The summed E-state index contributed by atoms with van der Waals surface area (Å²) in [5.41, 5.74) is 0. The van der Waals surface area contributed by atoms with Crippen LogP contribution in [0.15, 0.2) is 0 Å². The molecule has 0 aliphatic carbocycles. The summed E-state index contributed by atoms with van der Waals surface area (Å²) >= 11 is 3.25. The van der Waals surface area contributed by atoms with E-state index in [0.717, 1.165) is 0 Å². The van der Waals surface area contributed by atoms with Crippen molar-refractivity contribution in [1.82, 2.24) is 0 Å². The molecule has 0 rings (SSSR count). The van der Waals surface area contributed by atoms with E-state index in [4.69, 9.17) is 0 Å². The van der Waals surface area contributed by atoms with Gasteiger partial charge in [0, 0.05) is 0 Å². The number of unbranched alkanes of at least 4 members (excludes halogenated alkanes) is 30. The Labute approximate surface area is 295 Å². The zero-order valence-electron chi connectivity index (χ0n) is 31.7. The van der Waals surface area contributed by atoms with Gasteiger partial charge in [-0.3, -0.25) is 0 Å². The van der Waals surface area contributed by atoms with Gasteiger partial charge in [-0.15, -0.1) is 0 Å². The Morgan fingerprint density at radius 2 is 0.364 bits per heavy atom. The van der Waals surface area contributed by atoms with E-state index in [2.05, 4.69) is 49.7 Å². The van der Waals surface area contributed by atoms with Crippen LogP contribution in [0.5, 0.6) is 0 Å². The quantitative estimate of drug-likeness (QED) is 0.0335. The molecular formula is C42H88IP. The predicted molar refractivity (Wildman–Crippen MR) is 220 cm³/mol. The zero-order chi connectivity index (χ0) is 32.3. The van der Waals surface area contributed by atoms with E-state index in [-0.39, 0.29) is 0 Å². The van der Waals surface area contributed by atoms with Crippen molar-refractivity contribution in [3.8, 4) is 0 Å². The molecule has 0 aliphatic heterocycles. The molecule has 0 amide bonds. The second-order valence-corrected chi connectivity index (χ2v) is 28.9. The fourth-order valence-electron chi connectivity index (χ4n) is 7.59. The molecule has 0 heterocycles. The minimum Gasteiger partial charge on any atom is -0.0654 e. The first-order valence-corrected chi connectivity index (χ1v) is 27.0. The Balaban J connectivity index is 4.73. The van der Waals surface area contributed by atoms with Crippen LogP contribution in [-0.2, 0) is 0 Å². The molecule has 0 N–H and O–H groups in total. The third-order valence-electron chi connectivity index (χ3n) is 10.8. The molecule has 0 aromatic carbocycles. The van der Waals surface area contributed by atoms with Crippen LogP contribution in [0.4, 0.5) is 0 Å². The van der Waals surface area contributed by atoms with Gasteiger partial charge in [0.2, 0.25) is 0 Å². The zero-order valence-corrected chi connectivity index (χ0v) is 34.7. The van der Waals surface area contributed by atoms with Crippen molar-refractivity contribution in [2.24, 2.45) is 0 Å². The summed E-state index contributed by atoms with van der Waals surface area (Å²) in [5.74, 6) is 0. The second-order valence-electron chi connectivity index (χ2n) is 15.3. The van der Waals surface area contributed by atoms with Crippen LogP contribution < -0.4 is 0 Å². The van der Waals surface area contributed by atoms with Crippen LogP contribution >= 0.6 is 26.3 Å². The normalized spacial score (nSPS) is 13.0. The van der Waals surface area contributed by atoms with Gasteiger partial charge >= 0.3 is 270 Å². The molecular weight excluding hydrogens is 662 g/mol. The number of rotatable bonds is 38. The first-order chi connectivity index (χ1) is 21.5. The van der Waals surface area contributed by atoms with Crippen molar-refractivity contribution in [2.45, 2.75) is 246 Å². The van der Waals surface area contributed by atoms with Crippen molar-refractivity contribution in [3.05, 3.63) is 0 Å². The van der Waals surface area contributed by atoms with Gasteiger partial charge in [0.05, 0.1) is 0 Å². The molecule has 0 saturated heterocycles. The van der Waals surface area contributed by atoms with Crippen molar-refractivity contribution in [3.63, 3.8) is 0 Å². The summed E-state index contributed by atoms with van der Waals surface area (Å²) in [4.78, 5) is 0. The smallest absolute Gasteiger partial charge is 0.0654 e. The van der Waals surface area contributed by atoms with E-state index in [9.17, 15) is 0 Å². The van der Waals surface area contributed by atoms with Gasteiger partial charge in [0.1, 0.15) is 0 Å². The average molecular weight is 751 g/mol. The maximum atomic E-state index is 3.25. The maximum absolute atomic E-state index is 3.25. The molecule has 0 aromatic rings. The molecule has 0 nitrogen and oxygen atoms in total. The molecule has 0 unspecified atom stereocenters. The average Bonchev–Trinajstić information content (AvgIpc) is 3.02. The van der Waals surface area contributed by atoms with Crippen LogP contribution in [0.1, 0.15) is 246 Å². The topological polar surface area (TPSA) is 0 Å². The van der Waals surface area contributed by atoms with Crippen LogP contribution in [0.25, 0.3) is 0 Å². The van der Waals surface area contributed by atoms with Gasteiger partial charge < -0.3 is 0 Å². The van der Waals surface area contributed by atoms with Gasteiger partial charge in [-0.2, -0.15) is 0 Å². The van der Waals surface area contributed by atoms with Crippen LogP contribution in [-0.4, -0.2) is 24.6 Å². The Bertz CT molecular complexity index is 500. The Morgan fingerprint density at radius 3 is 0.523 bits per heavy atom. The monoisotopic (exact) mass is 751 g/mol. The first kappa shape index (κ1) is 45.2. The third-order valence-corrected chi connectivity index (χ3v) is 22.3. The summed E-state index contributed by atoms with van der Waals surface area (Å²) in [6, 6.07) is 0. The molecule has 0 saturated carbocycles. The van der Waals surface area contributed by atoms with Crippen molar-refractivity contribution in [1.29, 1.82) is 0 Å². The van der Waals surface area contributed by atoms with Gasteiger partial charge in [0.15, 0.2) is 0 Å². The van der Waals surface area contributed by atoms with E-state index in [1.807, 2.05) is 0 Å². The molecule has 0 fully saturated rings. The van der Waals surface area contributed by atoms with Crippen LogP contribution in [0, 0.1) is 0 Å². The molecule has 0 aliphatic rings. The molecule has 0 bridgehead atoms. The number of hydrogen-bond acceptors (Lipinski definition) is 0. The first-order valence-electron chi connectivity index (χ1n) is 21.3. The molecule has 44 heavy (non-hydrogen) atoms. The van der Waals surface area contributed by atoms with Gasteiger partial charge in [-0.1, -0.05) is 26.7 Å². The molecule has 0 radical (unpaired) electrons. The molecule has 0 aromatic heterocycles. The summed E-state index contributed by atoms with van der Waals surface area (Å²) in [7, 11) is 0. The summed E-state index contributed by atoms with van der Waals surface area (Å²) in [6.07, 6.45) is 56.8. The van der Waals surface area contributed by atoms with Crippen LogP contribution in [0.3, 0.4) is 0 Å². The standard InChI is InChI=1S/C42H88IP/c1-5-9-13-17-19-21-23-25-27-29-33-37-41-44(43,39-35-31-15-11-7-3,40-36-32-16-12-8-4)42-38-34-30-28-26-24-22-20-18-14-10-6-2/h5-42H2,1-4H3. The van der Waals surface area contributed by atoms with Crippen molar-refractivity contribution in [2.75, 3.05) is 24.6 Å². The number of halogens is 1. The second kappa shape index (κ2) is 34.0. The van der Waals surface area contributed by atoms with E-state index in [1.165, 1.54) is 205 Å². The van der Waals surface area contributed by atoms with Crippen LogP contribution in [0.2, 0.25) is 0 Å². The van der Waals surface area contributed by atoms with Gasteiger partial charge in [-0.25, -0.2) is 0 Å². The fraction of sp³-hybridized carbons (Fsp3) is 1.00. The van der Waals surface area contributed by atoms with E-state index < -0.39 is 4.25 Å². The Hall–Kier alpha value is 1.16. The molecule has 2 heteroatoms. The Kier molecular flexibility index (Phi) is 34.9. The molecule has 0 spiro atoms. The summed E-state index contributed by atoms with van der Waals surface area (Å²) in [6.45, 7) is 9.39. The van der Waals surface area contributed by atoms with E-state index in [1.54, 1.807) is 37.5 Å². The van der Waals surface area contributed by atoms with E-state index >= 15 is 0 Å². The SMILES string of the molecule is CCCCCCCCCCCCCCP(I)(CCCCCCC)(CCCCCCC)CCCCCCCCCCCCCC. The fourth-order valence-corrected chi connectivity index (χ4v) is 17.1.